The fourth-order valence-corrected chi connectivity index (χ4v) is 3.94. The maximum atomic E-state index is 11.8. The van der Waals surface area contributed by atoms with Crippen LogP contribution in [0.4, 0.5) is 11.4 Å². The Balaban J connectivity index is 1.93. The summed E-state index contributed by atoms with van der Waals surface area (Å²) in [4.78, 5) is 18.5. The van der Waals surface area contributed by atoms with Gasteiger partial charge in [0.25, 0.3) is 5.56 Å². The molecule has 1 heterocycles. The molecule has 2 aromatic rings. The van der Waals surface area contributed by atoms with Gasteiger partial charge < -0.3 is 16.0 Å². The van der Waals surface area contributed by atoms with E-state index in [1.807, 2.05) is 17.8 Å². The largest absolute Gasteiger partial charge is 0.397 e. The second-order valence-corrected chi connectivity index (χ2v) is 6.57. The molecule has 0 amide bonds. The number of nitrogens with zero attached hydrogens (tertiary/aromatic N) is 1. The Bertz CT molecular complexity index is 700. The Kier molecular flexibility index (Phi) is 4.05. The molecule has 2 atom stereocenters. The Hall–Kier alpha value is -1.69. The molecule has 0 saturated heterocycles. The molecule has 0 radical (unpaired) electrons. The lowest BCUT2D eigenvalue weighted by molar-refractivity contribution is 0.475. The first-order chi connectivity index (χ1) is 10.2. The second-order valence-electron chi connectivity index (χ2n) is 5.50. The predicted octanol–water partition coefficient (Wildman–Crippen LogP) is 2.59. The van der Waals surface area contributed by atoms with Gasteiger partial charge in [-0.15, -0.1) is 0 Å². The van der Waals surface area contributed by atoms with Crippen molar-refractivity contribution in [3.63, 3.8) is 0 Å². The first-order valence-corrected chi connectivity index (χ1v) is 8.54. The van der Waals surface area contributed by atoms with Crippen molar-refractivity contribution < 1.29 is 0 Å². The molecule has 4 N–H and O–H groups in total. The highest BCUT2D eigenvalue weighted by Gasteiger charge is 2.24. The maximum absolute atomic E-state index is 11.8. The van der Waals surface area contributed by atoms with E-state index in [9.17, 15) is 4.79 Å². The highest BCUT2D eigenvalue weighted by atomic mass is 32.2. The summed E-state index contributed by atoms with van der Waals surface area (Å²) in [5.74, 6) is 0. The van der Waals surface area contributed by atoms with Crippen LogP contribution in [0.3, 0.4) is 0 Å². The number of nitrogens with two attached hydrogens (primary N) is 1. The average molecular weight is 304 g/mol. The van der Waals surface area contributed by atoms with E-state index < -0.39 is 0 Å². The molecule has 0 spiro atoms. The number of aromatic amines is 1. The molecule has 1 saturated carbocycles. The number of H-pyrrole nitrogens is 1. The fourth-order valence-electron chi connectivity index (χ4n) is 3.00. The van der Waals surface area contributed by atoms with Crippen LogP contribution in [0.2, 0.25) is 0 Å². The van der Waals surface area contributed by atoms with Crippen molar-refractivity contribution in [2.24, 2.45) is 0 Å². The van der Waals surface area contributed by atoms with E-state index in [2.05, 4.69) is 21.5 Å². The zero-order valence-corrected chi connectivity index (χ0v) is 12.9. The highest BCUT2D eigenvalue weighted by Crippen LogP contribution is 2.32. The number of fused-ring (bicyclic) bond motifs is 1. The van der Waals surface area contributed by atoms with Crippen molar-refractivity contribution >= 4 is 34.0 Å². The third-order valence-corrected chi connectivity index (χ3v) is 5.33. The molecule has 112 valence electrons. The minimum atomic E-state index is -0.155. The molecular weight excluding hydrogens is 284 g/mol. The van der Waals surface area contributed by atoms with Gasteiger partial charge in [-0.2, -0.15) is 11.8 Å². The third-order valence-electron chi connectivity index (χ3n) is 4.16. The van der Waals surface area contributed by atoms with Gasteiger partial charge in [0, 0.05) is 11.3 Å². The number of benzene rings is 1. The van der Waals surface area contributed by atoms with Crippen LogP contribution in [0.25, 0.3) is 10.9 Å². The van der Waals surface area contributed by atoms with Gasteiger partial charge in [-0.1, -0.05) is 12.8 Å². The lowest BCUT2D eigenvalue weighted by Gasteiger charge is -2.32. The molecule has 1 aliphatic rings. The number of nitrogen functional groups attached to an aromatic ring is 1. The van der Waals surface area contributed by atoms with E-state index in [4.69, 9.17) is 5.73 Å². The quantitative estimate of drug-likeness (QED) is 0.759. The van der Waals surface area contributed by atoms with Crippen molar-refractivity contribution in [1.29, 1.82) is 0 Å². The van der Waals surface area contributed by atoms with Crippen LogP contribution < -0.4 is 16.6 Å². The molecule has 21 heavy (non-hydrogen) atoms. The van der Waals surface area contributed by atoms with Crippen LogP contribution >= 0.6 is 11.8 Å². The maximum Gasteiger partial charge on any atom is 0.258 e. The molecule has 6 heteroatoms. The van der Waals surface area contributed by atoms with Crippen LogP contribution in [-0.2, 0) is 0 Å². The molecule has 1 aromatic heterocycles. The summed E-state index contributed by atoms with van der Waals surface area (Å²) in [6.07, 6.45) is 8.54. The van der Waals surface area contributed by atoms with Crippen LogP contribution in [0.5, 0.6) is 0 Å². The minimum Gasteiger partial charge on any atom is -0.397 e. The van der Waals surface area contributed by atoms with E-state index in [0.717, 1.165) is 12.1 Å². The van der Waals surface area contributed by atoms with Crippen molar-refractivity contribution in [2.45, 2.75) is 37.0 Å². The molecular formula is C15H20N4OS. The zero-order chi connectivity index (χ0) is 14.8. The molecule has 1 aromatic carbocycles. The van der Waals surface area contributed by atoms with Crippen LogP contribution in [0.1, 0.15) is 25.7 Å². The Morgan fingerprint density at radius 3 is 3.00 bits per heavy atom. The fraction of sp³-hybridized carbons (Fsp3) is 0.467. The number of hydrogen-bond acceptors (Lipinski definition) is 5. The normalized spacial score (nSPS) is 22.3. The monoisotopic (exact) mass is 304 g/mol. The number of rotatable bonds is 3. The van der Waals surface area contributed by atoms with E-state index in [1.165, 1.54) is 25.6 Å². The molecule has 2 unspecified atom stereocenters. The predicted molar refractivity (Wildman–Crippen MR) is 90.0 cm³/mol. The van der Waals surface area contributed by atoms with E-state index >= 15 is 0 Å². The zero-order valence-electron chi connectivity index (χ0n) is 12.1. The number of hydrogen-bond donors (Lipinski definition) is 3. The van der Waals surface area contributed by atoms with Gasteiger partial charge in [0.2, 0.25) is 0 Å². The van der Waals surface area contributed by atoms with E-state index in [1.54, 1.807) is 6.07 Å². The number of anilines is 2. The van der Waals surface area contributed by atoms with Gasteiger partial charge in [0.05, 0.1) is 28.6 Å². The number of thioether (sulfide) groups is 1. The van der Waals surface area contributed by atoms with Crippen molar-refractivity contribution in [3.05, 3.63) is 28.8 Å². The summed E-state index contributed by atoms with van der Waals surface area (Å²) in [6.45, 7) is 0. The van der Waals surface area contributed by atoms with Crippen molar-refractivity contribution in [2.75, 3.05) is 17.3 Å². The van der Waals surface area contributed by atoms with E-state index in [-0.39, 0.29) is 5.56 Å². The van der Waals surface area contributed by atoms with Gasteiger partial charge in [-0.05, 0) is 31.2 Å². The average Bonchev–Trinajstić information content (AvgIpc) is 2.50. The Morgan fingerprint density at radius 1 is 1.38 bits per heavy atom. The third kappa shape index (κ3) is 2.85. The summed E-state index contributed by atoms with van der Waals surface area (Å²) >= 11 is 1.91. The standard InChI is InChI=1S/C15H20N4OS/c1-21-14-5-3-2-4-11(14)19-13-7-12-9(6-10(13)16)15(20)18-8-17-12/h6-8,11,14,19H,2-5,16H2,1H3,(H,17,18,20). The van der Waals surface area contributed by atoms with Gasteiger partial charge >= 0.3 is 0 Å². The second kappa shape index (κ2) is 5.97. The number of aromatic nitrogens is 2. The van der Waals surface area contributed by atoms with Crippen LogP contribution in [-0.4, -0.2) is 27.5 Å². The summed E-state index contributed by atoms with van der Waals surface area (Å²) in [6, 6.07) is 4.02. The molecule has 0 bridgehead atoms. The Labute approximate surface area is 127 Å². The smallest absolute Gasteiger partial charge is 0.258 e. The van der Waals surface area contributed by atoms with Crippen molar-refractivity contribution in [1.82, 2.24) is 9.97 Å². The van der Waals surface area contributed by atoms with Gasteiger partial charge in [-0.25, -0.2) is 4.98 Å². The first kappa shape index (κ1) is 14.3. The minimum absolute atomic E-state index is 0.155. The molecule has 3 rings (SSSR count). The topological polar surface area (TPSA) is 83.8 Å². The Morgan fingerprint density at radius 2 is 2.19 bits per heavy atom. The summed E-state index contributed by atoms with van der Waals surface area (Å²) < 4.78 is 0. The molecule has 1 fully saturated rings. The first-order valence-electron chi connectivity index (χ1n) is 7.25. The number of nitrogens with one attached hydrogen (secondary N) is 2. The summed E-state index contributed by atoms with van der Waals surface area (Å²) in [5, 5.41) is 4.71. The van der Waals surface area contributed by atoms with Gasteiger partial charge in [-0.3, -0.25) is 4.79 Å². The lowest BCUT2D eigenvalue weighted by Crippen LogP contribution is -2.34. The van der Waals surface area contributed by atoms with Gasteiger partial charge in [0.1, 0.15) is 0 Å². The lowest BCUT2D eigenvalue weighted by atomic mass is 9.94. The van der Waals surface area contributed by atoms with Crippen LogP contribution in [0, 0.1) is 0 Å². The molecule has 0 aliphatic heterocycles. The van der Waals surface area contributed by atoms with Crippen LogP contribution in [0.15, 0.2) is 23.3 Å². The van der Waals surface area contributed by atoms with Gasteiger partial charge in [0.15, 0.2) is 0 Å². The summed E-state index contributed by atoms with van der Waals surface area (Å²) in [7, 11) is 0. The van der Waals surface area contributed by atoms with Crippen molar-refractivity contribution in [3.8, 4) is 0 Å². The van der Waals surface area contributed by atoms with E-state index in [0.29, 0.717) is 27.9 Å². The molecule has 5 nitrogen and oxygen atoms in total. The SMILES string of the molecule is CSC1CCCCC1Nc1cc2nc[nH]c(=O)c2cc1N. The molecule has 1 aliphatic carbocycles. The summed E-state index contributed by atoms with van der Waals surface area (Å²) in [5.41, 5.74) is 8.11. The highest BCUT2D eigenvalue weighted by molar-refractivity contribution is 7.99.